The molecule has 3 N–H and O–H groups in total. The minimum absolute atomic E-state index is 0.0441. The molecule has 1 heterocycles. The van der Waals surface area contributed by atoms with E-state index in [0.717, 1.165) is 6.07 Å². The Morgan fingerprint density at radius 3 is 2.68 bits per heavy atom. The number of nitrogens with zero attached hydrogens (tertiary/aromatic N) is 2. The van der Waals surface area contributed by atoms with Gasteiger partial charge in [-0.1, -0.05) is 0 Å². The number of carboxylic acid groups (broad SMARTS) is 1. The van der Waals surface area contributed by atoms with Crippen LogP contribution >= 0.6 is 0 Å². The number of rotatable bonds is 3. The van der Waals surface area contributed by atoms with Crippen LogP contribution in [0, 0.1) is 11.6 Å². The second kappa shape index (κ2) is 5.07. The molecule has 98 valence electrons. The first-order valence-corrected chi connectivity index (χ1v) is 5.26. The number of benzene rings is 1. The molecule has 1 aromatic carbocycles. The van der Waals surface area contributed by atoms with Crippen molar-refractivity contribution in [1.29, 1.82) is 0 Å². The maximum Gasteiger partial charge on any atom is 0.328 e. The molecular formula is C12H9F2N3O2. The van der Waals surface area contributed by atoms with Crippen LogP contribution in [0.15, 0.2) is 30.5 Å². The highest BCUT2D eigenvalue weighted by Crippen LogP contribution is 2.22. The van der Waals surface area contributed by atoms with Crippen molar-refractivity contribution in [2.45, 2.75) is 6.04 Å². The second-order valence-corrected chi connectivity index (χ2v) is 3.74. The number of hydrogen-bond donors (Lipinski definition) is 2. The Bertz CT molecular complexity index is 634. The number of nitrogens with two attached hydrogens (primary N) is 1. The molecule has 0 saturated heterocycles. The molecule has 1 aromatic heterocycles. The zero-order valence-electron chi connectivity index (χ0n) is 9.55. The van der Waals surface area contributed by atoms with Gasteiger partial charge in [0.1, 0.15) is 11.6 Å². The van der Waals surface area contributed by atoms with Gasteiger partial charge in [0.2, 0.25) is 0 Å². The molecule has 0 saturated carbocycles. The van der Waals surface area contributed by atoms with Crippen LogP contribution in [0.4, 0.5) is 8.78 Å². The van der Waals surface area contributed by atoms with Gasteiger partial charge in [-0.2, -0.15) is 0 Å². The molecule has 0 bridgehead atoms. The minimum atomic E-state index is -1.40. The van der Waals surface area contributed by atoms with Gasteiger partial charge in [-0.25, -0.2) is 18.7 Å². The van der Waals surface area contributed by atoms with Gasteiger partial charge in [0, 0.05) is 17.8 Å². The van der Waals surface area contributed by atoms with E-state index in [0.29, 0.717) is 6.07 Å². The summed E-state index contributed by atoms with van der Waals surface area (Å²) >= 11 is 0. The Morgan fingerprint density at radius 2 is 2.05 bits per heavy atom. The molecule has 0 spiro atoms. The van der Waals surface area contributed by atoms with Crippen molar-refractivity contribution in [3.05, 3.63) is 47.9 Å². The van der Waals surface area contributed by atoms with Gasteiger partial charge >= 0.3 is 5.97 Å². The van der Waals surface area contributed by atoms with Crippen LogP contribution in [-0.4, -0.2) is 21.0 Å². The molecular weight excluding hydrogens is 256 g/mol. The Balaban J connectivity index is 2.46. The first-order chi connectivity index (χ1) is 8.99. The van der Waals surface area contributed by atoms with Crippen LogP contribution in [0.2, 0.25) is 0 Å². The van der Waals surface area contributed by atoms with Crippen LogP contribution in [-0.2, 0) is 4.79 Å². The molecule has 0 fully saturated rings. The maximum atomic E-state index is 13.6. The lowest BCUT2D eigenvalue weighted by Crippen LogP contribution is -2.23. The number of halogens is 2. The van der Waals surface area contributed by atoms with Gasteiger partial charge in [-0.3, -0.25) is 4.79 Å². The van der Waals surface area contributed by atoms with Crippen LogP contribution in [0.5, 0.6) is 0 Å². The maximum absolute atomic E-state index is 13.6. The topological polar surface area (TPSA) is 89.1 Å². The van der Waals surface area contributed by atoms with E-state index >= 15 is 0 Å². The fourth-order valence-electron chi connectivity index (χ4n) is 1.48. The Morgan fingerprint density at radius 1 is 1.32 bits per heavy atom. The quantitative estimate of drug-likeness (QED) is 0.878. The smallest absolute Gasteiger partial charge is 0.328 e. The molecule has 1 atom stereocenters. The van der Waals surface area contributed by atoms with E-state index < -0.39 is 23.6 Å². The van der Waals surface area contributed by atoms with Gasteiger partial charge < -0.3 is 10.8 Å². The third kappa shape index (κ3) is 2.71. The number of aliphatic carboxylic acids is 1. The first-order valence-electron chi connectivity index (χ1n) is 5.26. The Labute approximate surface area is 106 Å². The van der Waals surface area contributed by atoms with Gasteiger partial charge in [-0.15, -0.1) is 0 Å². The van der Waals surface area contributed by atoms with E-state index in [1.807, 2.05) is 0 Å². The van der Waals surface area contributed by atoms with Crippen molar-refractivity contribution in [3.63, 3.8) is 0 Å². The van der Waals surface area contributed by atoms with Gasteiger partial charge in [-0.05, 0) is 18.2 Å². The number of hydrogen-bond acceptors (Lipinski definition) is 4. The molecule has 0 aliphatic rings. The predicted octanol–water partition coefficient (Wildman–Crippen LogP) is 1.51. The fourth-order valence-corrected chi connectivity index (χ4v) is 1.48. The van der Waals surface area contributed by atoms with Crippen LogP contribution in [0.25, 0.3) is 11.3 Å². The summed E-state index contributed by atoms with van der Waals surface area (Å²) in [6.45, 7) is 0. The van der Waals surface area contributed by atoms with Crippen molar-refractivity contribution in [2.75, 3.05) is 0 Å². The molecule has 0 aliphatic carbocycles. The predicted molar refractivity (Wildman–Crippen MR) is 61.9 cm³/mol. The Kier molecular flexibility index (Phi) is 3.48. The third-order valence-electron chi connectivity index (χ3n) is 2.43. The van der Waals surface area contributed by atoms with Gasteiger partial charge in [0.05, 0.1) is 5.69 Å². The summed E-state index contributed by atoms with van der Waals surface area (Å²) in [5, 5.41) is 8.76. The normalized spacial score (nSPS) is 12.2. The monoisotopic (exact) mass is 265 g/mol. The van der Waals surface area contributed by atoms with E-state index in [1.54, 1.807) is 0 Å². The highest BCUT2D eigenvalue weighted by atomic mass is 19.1. The average molecular weight is 265 g/mol. The lowest BCUT2D eigenvalue weighted by molar-refractivity contribution is -0.138. The highest BCUT2D eigenvalue weighted by Gasteiger charge is 2.18. The summed E-state index contributed by atoms with van der Waals surface area (Å²) < 4.78 is 26.4. The largest absolute Gasteiger partial charge is 0.480 e. The molecule has 2 aromatic rings. The van der Waals surface area contributed by atoms with Crippen molar-refractivity contribution in [1.82, 2.24) is 9.97 Å². The molecule has 0 amide bonds. The summed E-state index contributed by atoms with van der Waals surface area (Å²) in [6, 6.07) is 2.99. The SMILES string of the molecule is NC(C(=O)O)c1nccc(-c2ccc(F)cc2F)n1. The van der Waals surface area contributed by atoms with E-state index in [1.165, 1.54) is 18.3 Å². The van der Waals surface area contributed by atoms with Crippen molar-refractivity contribution < 1.29 is 18.7 Å². The van der Waals surface area contributed by atoms with Gasteiger partial charge in [0.15, 0.2) is 11.9 Å². The van der Waals surface area contributed by atoms with E-state index in [9.17, 15) is 13.6 Å². The van der Waals surface area contributed by atoms with Crippen molar-refractivity contribution in [3.8, 4) is 11.3 Å². The second-order valence-electron chi connectivity index (χ2n) is 3.74. The Hall–Kier alpha value is -2.41. The third-order valence-corrected chi connectivity index (χ3v) is 2.43. The molecule has 0 radical (unpaired) electrons. The fraction of sp³-hybridized carbons (Fsp3) is 0.0833. The highest BCUT2D eigenvalue weighted by molar-refractivity contribution is 5.74. The standard InChI is InChI=1S/C12H9F2N3O2/c13-6-1-2-7(8(14)5-6)9-3-4-16-11(17-9)10(15)12(18)19/h1-5,10H,15H2,(H,18,19). The summed E-state index contributed by atoms with van der Waals surface area (Å²) in [7, 11) is 0. The van der Waals surface area contributed by atoms with Gasteiger partial charge in [0.25, 0.3) is 0 Å². The summed E-state index contributed by atoms with van der Waals surface area (Å²) in [6.07, 6.45) is 1.27. The molecule has 19 heavy (non-hydrogen) atoms. The number of carboxylic acids is 1. The van der Waals surface area contributed by atoms with Crippen LogP contribution in [0.3, 0.4) is 0 Å². The van der Waals surface area contributed by atoms with Crippen LogP contribution in [0.1, 0.15) is 11.9 Å². The van der Waals surface area contributed by atoms with Crippen molar-refractivity contribution in [2.24, 2.45) is 5.73 Å². The number of carbonyl (C=O) groups is 1. The lowest BCUT2D eigenvalue weighted by atomic mass is 10.1. The van der Waals surface area contributed by atoms with E-state index in [-0.39, 0.29) is 17.1 Å². The summed E-state index contributed by atoms with van der Waals surface area (Å²) in [5.74, 6) is -2.95. The molecule has 0 aliphatic heterocycles. The molecule has 7 heteroatoms. The zero-order chi connectivity index (χ0) is 14.0. The average Bonchev–Trinajstić information content (AvgIpc) is 2.38. The first kappa shape index (κ1) is 13.0. The molecule has 5 nitrogen and oxygen atoms in total. The zero-order valence-corrected chi connectivity index (χ0v) is 9.55. The minimum Gasteiger partial charge on any atom is -0.480 e. The van der Waals surface area contributed by atoms with Crippen LogP contribution < -0.4 is 5.73 Å². The lowest BCUT2D eigenvalue weighted by Gasteiger charge is -2.07. The molecule has 2 rings (SSSR count). The van der Waals surface area contributed by atoms with E-state index in [2.05, 4.69) is 9.97 Å². The van der Waals surface area contributed by atoms with E-state index in [4.69, 9.17) is 10.8 Å². The summed E-state index contributed by atoms with van der Waals surface area (Å²) in [4.78, 5) is 18.3. The summed E-state index contributed by atoms with van der Waals surface area (Å²) in [5.41, 5.74) is 5.55. The van der Waals surface area contributed by atoms with Crippen molar-refractivity contribution >= 4 is 5.97 Å². The number of aromatic nitrogens is 2. The molecule has 1 unspecified atom stereocenters.